The van der Waals surface area contributed by atoms with Crippen LogP contribution in [0.25, 0.3) is 0 Å². The Hall–Kier alpha value is -1.40. The number of hydrogen-bond acceptors (Lipinski definition) is 5. The van der Waals surface area contributed by atoms with Crippen LogP contribution in [-0.4, -0.2) is 16.1 Å². The van der Waals surface area contributed by atoms with Crippen molar-refractivity contribution in [2.75, 3.05) is 5.32 Å². The number of amides is 1. The Morgan fingerprint density at radius 1 is 1.11 bits per heavy atom. The van der Waals surface area contributed by atoms with Gasteiger partial charge in [-0.1, -0.05) is 95.8 Å². The molecule has 0 aliphatic carbocycles. The quantitative estimate of drug-likeness (QED) is 0.409. The number of thioether (sulfide) groups is 1. The molecule has 4 nitrogen and oxygen atoms in total. The standard InChI is InChI=1S/C22H33N3OS2/c1-15(13-21(2,3)4)12-18(26)23-19-24-25-20(28-19)27-14-16-8-10-17(11-9-16)22(5,6)7/h8-11,15H,12-14H2,1-7H3,(H,23,24,26)/t15-/m0/s1. The van der Waals surface area contributed by atoms with Gasteiger partial charge in [0.2, 0.25) is 11.0 Å². The summed E-state index contributed by atoms with van der Waals surface area (Å²) in [5.41, 5.74) is 3.00. The van der Waals surface area contributed by atoms with Gasteiger partial charge in [0.05, 0.1) is 0 Å². The second kappa shape index (κ2) is 9.40. The Bertz CT molecular complexity index is 770. The third-order valence-corrected chi connectivity index (χ3v) is 6.37. The van der Waals surface area contributed by atoms with Gasteiger partial charge in [0, 0.05) is 12.2 Å². The summed E-state index contributed by atoms with van der Waals surface area (Å²) in [7, 11) is 0. The van der Waals surface area contributed by atoms with Crippen molar-refractivity contribution in [3.8, 4) is 0 Å². The number of carbonyl (C=O) groups excluding carboxylic acids is 1. The smallest absolute Gasteiger partial charge is 0.226 e. The summed E-state index contributed by atoms with van der Waals surface area (Å²) < 4.78 is 0.873. The highest BCUT2D eigenvalue weighted by Crippen LogP contribution is 2.30. The molecular formula is C22H33N3OS2. The highest BCUT2D eigenvalue weighted by molar-refractivity contribution is 8.00. The van der Waals surface area contributed by atoms with Gasteiger partial charge in [-0.2, -0.15) is 0 Å². The normalized spacial score (nSPS) is 13.4. The highest BCUT2D eigenvalue weighted by Gasteiger charge is 2.18. The van der Waals surface area contributed by atoms with Crippen molar-refractivity contribution in [3.05, 3.63) is 35.4 Å². The summed E-state index contributed by atoms with van der Waals surface area (Å²) in [6.07, 6.45) is 1.53. The minimum atomic E-state index is 0.0159. The molecule has 1 aromatic carbocycles. The van der Waals surface area contributed by atoms with Crippen molar-refractivity contribution in [1.82, 2.24) is 10.2 Å². The first-order valence-electron chi connectivity index (χ1n) is 9.78. The van der Waals surface area contributed by atoms with Gasteiger partial charge < -0.3 is 5.32 Å². The van der Waals surface area contributed by atoms with Gasteiger partial charge in [0.25, 0.3) is 0 Å². The van der Waals surface area contributed by atoms with Gasteiger partial charge >= 0.3 is 0 Å². The summed E-state index contributed by atoms with van der Waals surface area (Å²) in [5, 5.41) is 11.8. The molecular weight excluding hydrogens is 386 g/mol. The number of rotatable bonds is 7. The maximum atomic E-state index is 12.2. The lowest BCUT2D eigenvalue weighted by molar-refractivity contribution is -0.117. The van der Waals surface area contributed by atoms with E-state index in [1.807, 2.05) is 0 Å². The minimum absolute atomic E-state index is 0.0159. The number of nitrogens with one attached hydrogen (secondary N) is 1. The van der Waals surface area contributed by atoms with Crippen LogP contribution in [0, 0.1) is 11.3 Å². The molecule has 0 spiro atoms. The van der Waals surface area contributed by atoms with Crippen LogP contribution in [0.2, 0.25) is 0 Å². The predicted molar refractivity (Wildman–Crippen MR) is 121 cm³/mol. The summed E-state index contributed by atoms with van der Waals surface area (Å²) in [4.78, 5) is 12.2. The average molecular weight is 420 g/mol. The maximum absolute atomic E-state index is 12.2. The zero-order chi connectivity index (χ0) is 20.9. The van der Waals surface area contributed by atoms with Crippen molar-refractivity contribution in [2.45, 2.75) is 76.8 Å². The molecule has 0 aliphatic rings. The zero-order valence-electron chi connectivity index (χ0n) is 18.1. The fraction of sp³-hybridized carbons (Fsp3) is 0.591. The molecule has 0 saturated carbocycles. The van der Waals surface area contributed by atoms with Crippen LogP contribution in [0.5, 0.6) is 0 Å². The number of aromatic nitrogens is 2. The molecule has 2 aromatic rings. The van der Waals surface area contributed by atoms with E-state index in [1.165, 1.54) is 22.5 Å². The van der Waals surface area contributed by atoms with Crippen molar-refractivity contribution in [2.24, 2.45) is 11.3 Å². The summed E-state index contributed by atoms with van der Waals surface area (Å²) in [5.74, 6) is 1.20. The zero-order valence-corrected chi connectivity index (χ0v) is 19.8. The lowest BCUT2D eigenvalue weighted by Gasteiger charge is -2.22. The molecule has 28 heavy (non-hydrogen) atoms. The van der Waals surface area contributed by atoms with Crippen LogP contribution < -0.4 is 5.32 Å². The van der Waals surface area contributed by atoms with Crippen molar-refractivity contribution in [1.29, 1.82) is 0 Å². The van der Waals surface area contributed by atoms with E-state index in [0.29, 0.717) is 17.5 Å². The van der Waals surface area contributed by atoms with Crippen LogP contribution in [0.15, 0.2) is 28.6 Å². The molecule has 6 heteroatoms. The van der Waals surface area contributed by atoms with E-state index in [2.05, 4.69) is 88.2 Å². The Labute approximate surface area is 177 Å². The molecule has 0 unspecified atom stereocenters. The maximum Gasteiger partial charge on any atom is 0.226 e. The second-order valence-corrected chi connectivity index (χ2v) is 11.9. The molecule has 1 heterocycles. The lowest BCUT2D eigenvalue weighted by Crippen LogP contribution is -2.18. The fourth-order valence-corrected chi connectivity index (χ4v) is 4.89. The van der Waals surface area contributed by atoms with E-state index in [-0.39, 0.29) is 16.7 Å². The Balaban J connectivity index is 1.83. The Morgan fingerprint density at radius 2 is 1.75 bits per heavy atom. The SMILES string of the molecule is C[C@@H](CC(=O)Nc1nnc(SCc2ccc(C(C)(C)C)cc2)s1)CC(C)(C)C. The van der Waals surface area contributed by atoms with Gasteiger partial charge in [-0.05, 0) is 34.3 Å². The molecule has 0 bridgehead atoms. The Morgan fingerprint density at radius 3 is 2.32 bits per heavy atom. The van der Waals surface area contributed by atoms with E-state index in [9.17, 15) is 4.79 Å². The molecule has 1 N–H and O–H groups in total. The van der Waals surface area contributed by atoms with Crippen molar-refractivity contribution in [3.63, 3.8) is 0 Å². The first-order valence-corrected chi connectivity index (χ1v) is 11.6. The molecule has 0 fully saturated rings. The molecule has 2 rings (SSSR count). The van der Waals surface area contributed by atoms with E-state index < -0.39 is 0 Å². The Kier molecular flexibility index (Phi) is 7.68. The first kappa shape index (κ1) is 22.9. The van der Waals surface area contributed by atoms with Crippen LogP contribution in [-0.2, 0) is 16.0 Å². The monoisotopic (exact) mass is 419 g/mol. The van der Waals surface area contributed by atoms with E-state index in [0.717, 1.165) is 16.5 Å². The molecule has 1 aromatic heterocycles. The summed E-state index contributed by atoms with van der Waals surface area (Å²) in [6, 6.07) is 8.74. The average Bonchev–Trinajstić information content (AvgIpc) is 2.97. The molecule has 1 atom stereocenters. The number of nitrogens with zero attached hydrogens (tertiary/aromatic N) is 2. The topological polar surface area (TPSA) is 54.9 Å². The second-order valence-electron chi connectivity index (χ2n) is 9.73. The van der Waals surface area contributed by atoms with Gasteiger partial charge in [0.15, 0.2) is 4.34 Å². The van der Waals surface area contributed by atoms with Gasteiger partial charge in [-0.25, -0.2) is 0 Å². The third kappa shape index (κ3) is 7.92. The minimum Gasteiger partial charge on any atom is -0.300 e. The number of carbonyl (C=O) groups is 1. The van der Waals surface area contributed by atoms with Crippen LogP contribution in [0.1, 0.15) is 72.4 Å². The van der Waals surface area contributed by atoms with Crippen LogP contribution in [0.4, 0.5) is 5.13 Å². The molecule has 0 aliphatic heterocycles. The predicted octanol–water partition coefficient (Wildman–Crippen LogP) is 6.53. The van der Waals surface area contributed by atoms with Crippen molar-refractivity contribution < 1.29 is 4.79 Å². The number of benzene rings is 1. The fourth-order valence-electron chi connectivity index (χ4n) is 3.17. The van der Waals surface area contributed by atoms with Crippen molar-refractivity contribution >= 4 is 34.1 Å². The number of hydrogen-bond donors (Lipinski definition) is 1. The van der Waals surface area contributed by atoms with E-state index in [4.69, 9.17) is 0 Å². The van der Waals surface area contributed by atoms with Gasteiger partial charge in [0.1, 0.15) is 0 Å². The molecule has 0 radical (unpaired) electrons. The third-order valence-electron chi connectivity index (χ3n) is 4.33. The molecule has 0 saturated heterocycles. The molecule has 154 valence electrons. The van der Waals surface area contributed by atoms with E-state index >= 15 is 0 Å². The first-order chi connectivity index (χ1) is 12.9. The van der Waals surface area contributed by atoms with Crippen LogP contribution in [0.3, 0.4) is 0 Å². The highest BCUT2D eigenvalue weighted by atomic mass is 32.2. The summed E-state index contributed by atoms with van der Waals surface area (Å²) in [6.45, 7) is 15.4. The van der Waals surface area contributed by atoms with E-state index in [1.54, 1.807) is 11.8 Å². The molecule has 1 amide bonds. The van der Waals surface area contributed by atoms with Gasteiger partial charge in [-0.15, -0.1) is 10.2 Å². The number of anilines is 1. The summed E-state index contributed by atoms with van der Waals surface area (Å²) >= 11 is 3.09. The van der Waals surface area contributed by atoms with Crippen LogP contribution >= 0.6 is 23.1 Å². The van der Waals surface area contributed by atoms with Gasteiger partial charge in [-0.3, -0.25) is 4.79 Å². The lowest BCUT2D eigenvalue weighted by atomic mass is 9.84. The largest absolute Gasteiger partial charge is 0.300 e.